The fraction of sp³-hybridized carbons (Fsp3) is 0.406. The molecule has 1 heterocycles. The second-order valence-corrected chi connectivity index (χ2v) is 10.6. The summed E-state index contributed by atoms with van der Waals surface area (Å²) in [6.07, 6.45) is 4.14. The lowest BCUT2D eigenvalue weighted by molar-refractivity contribution is -0.118. The predicted molar refractivity (Wildman–Crippen MR) is 147 cm³/mol. The monoisotopic (exact) mass is 504 g/mol. The number of benzene rings is 3. The molecular formula is C32H38F2N2O. The van der Waals surface area contributed by atoms with E-state index in [4.69, 9.17) is 0 Å². The Morgan fingerprint density at radius 1 is 0.919 bits per heavy atom. The Balaban J connectivity index is 1.33. The van der Waals surface area contributed by atoms with Gasteiger partial charge in [0.1, 0.15) is 11.6 Å². The molecule has 3 aromatic carbocycles. The minimum absolute atomic E-state index is 0.0429. The number of amides is 1. The van der Waals surface area contributed by atoms with Crippen molar-refractivity contribution in [3.8, 4) is 0 Å². The van der Waals surface area contributed by atoms with Crippen LogP contribution in [0.15, 0.2) is 66.7 Å². The van der Waals surface area contributed by atoms with Crippen LogP contribution < -0.4 is 5.32 Å². The van der Waals surface area contributed by atoms with Crippen molar-refractivity contribution < 1.29 is 13.6 Å². The number of hydrogen-bond acceptors (Lipinski definition) is 2. The molecule has 1 amide bonds. The smallest absolute Gasteiger partial charge is 0.226 e. The number of carbonyl (C=O) groups excluding carboxylic acids is 1. The average Bonchev–Trinajstić information content (AvgIpc) is 2.89. The minimum Gasteiger partial charge on any atom is -0.326 e. The van der Waals surface area contributed by atoms with Gasteiger partial charge in [-0.25, -0.2) is 8.78 Å². The number of anilines is 1. The van der Waals surface area contributed by atoms with Crippen molar-refractivity contribution in [1.29, 1.82) is 0 Å². The van der Waals surface area contributed by atoms with E-state index in [0.717, 1.165) is 62.1 Å². The first-order valence-electron chi connectivity index (χ1n) is 13.4. The van der Waals surface area contributed by atoms with Gasteiger partial charge in [0.15, 0.2) is 0 Å². The largest absolute Gasteiger partial charge is 0.326 e. The van der Waals surface area contributed by atoms with E-state index in [1.54, 1.807) is 0 Å². The predicted octanol–water partition coefficient (Wildman–Crippen LogP) is 7.66. The van der Waals surface area contributed by atoms with Gasteiger partial charge < -0.3 is 10.2 Å². The highest BCUT2D eigenvalue weighted by molar-refractivity contribution is 5.92. The van der Waals surface area contributed by atoms with E-state index >= 15 is 0 Å². The number of carbonyl (C=O) groups is 1. The second-order valence-electron chi connectivity index (χ2n) is 10.6. The van der Waals surface area contributed by atoms with Gasteiger partial charge in [-0.1, -0.05) is 44.2 Å². The van der Waals surface area contributed by atoms with Gasteiger partial charge in [-0.15, -0.1) is 0 Å². The first kappa shape index (κ1) is 27.0. The van der Waals surface area contributed by atoms with Crippen LogP contribution in [0.2, 0.25) is 0 Å². The Morgan fingerprint density at radius 2 is 1.49 bits per heavy atom. The second kappa shape index (κ2) is 12.5. The highest BCUT2D eigenvalue weighted by Crippen LogP contribution is 2.33. The van der Waals surface area contributed by atoms with Crippen molar-refractivity contribution >= 4 is 11.6 Å². The van der Waals surface area contributed by atoms with E-state index in [0.29, 0.717) is 5.92 Å². The van der Waals surface area contributed by atoms with Crippen LogP contribution >= 0.6 is 0 Å². The molecule has 0 bridgehead atoms. The molecular weight excluding hydrogens is 466 g/mol. The van der Waals surface area contributed by atoms with Crippen LogP contribution in [0.4, 0.5) is 14.5 Å². The van der Waals surface area contributed by atoms with Crippen molar-refractivity contribution in [2.24, 2.45) is 5.92 Å². The molecule has 0 atom stereocenters. The Bertz CT molecular complexity index is 1120. The van der Waals surface area contributed by atoms with Crippen molar-refractivity contribution in [2.45, 2.75) is 58.3 Å². The van der Waals surface area contributed by atoms with Gasteiger partial charge in [-0.2, -0.15) is 0 Å². The minimum atomic E-state index is -0.243. The zero-order valence-corrected chi connectivity index (χ0v) is 22.1. The molecule has 0 aromatic heterocycles. The van der Waals surface area contributed by atoms with Gasteiger partial charge in [0.2, 0.25) is 5.91 Å². The lowest BCUT2D eigenvalue weighted by Gasteiger charge is -2.33. The number of likely N-dealkylation sites (tertiary alicyclic amines) is 1. The van der Waals surface area contributed by atoms with Crippen LogP contribution in [0.3, 0.4) is 0 Å². The maximum Gasteiger partial charge on any atom is 0.226 e. The normalized spacial score (nSPS) is 14.9. The molecule has 0 spiro atoms. The van der Waals surface area contributed by atoms with Crippen LogP contribution in [0.25, 0.3) is 0 Å². The number of piperidine rings is 1. The van der Waals surface area contributed by atoms with Crippen LogP contribution in [-0.2, 0) is 4.79 Å². The molecule has 1 aliphatic rings. The van der Waals surface area contributed by atoms with Gasteiger partial charge in [-0.05, 0) is 117 Å². The van der Waals surface area contributed by atoms with Crippen molar-refractivity contribution in [3.63, 3.8) is 0 Å². The molecule has 1 N–H and O–H groups in total. The number of hydrogen-bond donors (Lipinski definition) is 1. The molecule has 0 radical (unpaired) electrons. The number of rotatable bonds is 9. The summed E-state index contributed by atoms with van der Waals surface area (Å²) in [6, 6.07) is 19.6. The van der Waals surface area contributed by atoms with Crippen molar-refractivity contribution in [3.05, 3.63) is 101 Å². The third kappa shape index (κ3) is 7.26. The molecule has 1 fully saturated rings. The van der Waals surface area contributed by atoms with Gasteiger partial charge in [0.05, 0.1) is 0 Å². The zero-order chi connectivity index (χ0) is 26.4. The van der Waals surface area contributed by atoms with E-state index in [-0.39, 0.29) is 29.4 Å². The number of nitrogens with one attached hydrogen (secondary N) is 1. The summed E-state index contributed by atoms with van der Waals surface area (Å²) in [5, 5.41) is 3.04. The van der Waals surface area contributed by atoms with E-state index in [1.165, 1.54) is 35.4 Å². The number of nitrogens with zero attached hydrogens (tertiary/aromatic N) is 1. The molecule has 196 valence electrons. The average molecular weight is 505 g/mol. The third-order valence-corrected chi connectivity index (χ3v) is 7.61. The number of aryl methyl sites for hydroxylation is 1. The van der Waals surface area contributed by atoms with Gasteiger partial charge >= 0.3 is 0 Å². The fourth-order valence-corrected chi connectivity index (χ4v) is 5.35. The molecule has 1 aliphatic heterocycles. The summed E-state index contributed by atoms with van der Waals surface area (Å²) in [6.45, 7) is 9.06. The van der Waals surface area contributed by atoms with Gasteiger partial charge in [0.25, 0.3) is 0 Å². The molecule has 37 heavy (non-hydrogen) atoms. The lowest BCUT2D eigenvalue weighted by Crippen LogP contribution is -2.34. The van der Waals surface area contributed by atoms with Crippen LogP contribution in [0.5, 0.6) is 0 Å². The summed E-state index contributed by atoms with van der Waals surface area (Å²) in [7, 11) is 0. The van der Waals surface area contributed by atoms with E-state index in [2.05, 4.69) is 29.3 Å². The highest BCUT2D eigenvalue weighted by atomic mass is 19.1. The molecule has 4 rings (SSSR count). The summed E-state index contributed by atoms with van der Waals surface area (Å²) in [4.78, 5) is 14.7. The van der Waals surface area contributed by atoms with Crippen LogP contribution in [-0.4, -0.2) is 30.4 Å². The van der Waals surface area contributed by atoms with Gasteiger partial charge in [-0.3, -0.25) is 4.79 Å². The SMILES string of the molecule is Cc1ccc(NC(=O)C(C)C)cc1C1CCN(CCCC(c2ccc(F)cc2)c2ccc(F)cc2)CC1. The molecule has 0 unspecified atom stereocenters. The lowest BCUT2D eigenvalue weighted by atomic mass is 9.85. The van der Waals surface area contributed by atoms with E-state index in [9.17, 15) is 13.6 Å². The molecule has 3 aromatic rings. The Kier molecular flexibility index (Phi) is 9.09. The maximum absolute atomic E-state index is 13.5. The van der Waals surface area contributed by atoms with Crippen LogP contribution in [0, 0.1) is 24.5 Å². The molecule has 3 nitrogen and oxygen atoms in total. The number of halogens is 2. The van der Waals surface area contributed by atoms with Crippen molar-refractivity contribution in [1.82, 2.24) is 4.90 Å². The fourth-order valence-electron chi connectivity index (χ4n) is 5.35. The highest BCUT2D eigenvalue weighted by Gasteiger charge is 2.23. The van der Waals surface area contributed by atoms with Crippen LogP contribution in [0.1, 0.15) is 73.6 Å². The molecule has 0 saturated carbocycles. The Hall–Kier alpha value is -3.05. The summed E-state index contributed by atoms with van der Waals surface area (Å²) in [5.74, 6) is 0.131. The van der Waals surface area contributed by atoms with Gasteiger partial charge in [0, 0.05) is 17.5 Å². The summed E-state index contributed by atoms with van der Waals surface area (Å²) in [5.41, 5.74) is 5.63. The van der Waals surface area contributed by atoms with E-state index in [1.807, 2.05) is 44.2 Å². The first-order valence-corrected chi connectivity index (χ1v) is 13.4. The topological polar surface area (TPSA) is 32.3 Å². The summed E-state index contributed by atoms with van der Waals surface area (Å²) < 4.78 is 27.0. The maximum atomic E-state index is 13.5. The quantitative estimate of drug-likeness (QED) is 0.324. The molecule has 1 saturated heterocycles. The first-order chi connectivity index (χ1) is 17.8. The standard InChI is InChI=1S/C32H38F2N2O/c1-22(2)32(37)35-29-15-6-23(3)31(21-29)26-16-19-36(20-17-26)18-4-5-30(24-7-11-27(33)12-8-24)25-9-13-28(34)14-10-25/h6-15,21-22,26,30H,4-5,16-20H2,1-3H3,(H,35,37). The Morgan fingerprint density at radius 3 is 2.03 bits per heavy atom. The zero-order valence-electron chi connectivity index (χ0n) is 22.1. The third-order valence-electron chi connectivity index (χ3n) is 7.61. The molecule has 5 heteroatoms. The summed E-state index contributed by atoms with van der Waals surface area (Å²) >= 11 is 0. The van der Waals surface area contributed by atoms with E-state index < -0.39 is 0 Å². The Labute approximate surface area is 219 Å². The molecule has 0 aliphatic carbocycles. The van der Waals surface area contributed by atoms with Crippen molar-refractivity contribution in [2.75, 3.05) is 25.0 Å².